The first kappa shape index (κ1) is 25.8. The van der Waals surface area contributed by atoms with Crippen molar-refractivity contribution in [3.63, 3.8) is 0 Å². The molecule has 1 saturated heterocycles. The van der Waals surface area contributed by atoms with Crippen LogP contribution in [-0.2, 0) is 27.4 Å². The monoisotopic (exact) mass is 520 g/mol. The van der Waals surface area contributed by atoms with Crippen LogP contribution < -0.4 is 9.47 Å². The first-order chi connectivity index (χ1) is 17.1. The molecule has 9 heteroatoms. The topological polar surface area (TPSA) is 64.0 Å². The van der Waals surface area contributed by atoms with Gasteiger partial charge in [0.15, 0.2) is 6.29 Å². The largest absolute Gasteiger partial charge is 0.497 e. The lowest BCUT2D eigenvalue weighted by Gasteiger charge is -2.33. The predicted molar refractivity (Wildman–Crippen MR) is 134 cm³/mol. The zero-order chi connectivity index (χ0) is 24.6. The van der Waals surface area contributed by atoms with Crippen LogP contribution >= 0.6 is 23.2 Å². The second-order valence-corrected chi connectivity index (χ2v) is 9.21. The maximum atomic E-state index is 6.51. The van der Waals surface area contributed by atoms with E-state index in [0.717, 1.165) is 41.9 Å². The molecule has 7 nitrogen and oxygen atoms in total. The maximum Gasteiger partial charge on any atom is 0.158 e. The van der Waals surface area contributed by atoms with E-state index in [-0.39, 0.29) is 18.5 Å². The number of methoxy groups -OCH3 is 2. The molecule has 0 amide bonds. The van der Waals surface area contributed by atoms with E-state index in [1.165, 1.54) is 0 Å². The van der Waals surface area contributed by atoms with Crippen LogP contribution in [0.2, 0.25) is 10.0 Å². The third-order valence-electron chi connectivity index (χ3n) is 5.93. The summed E-state index contributed by atoms with van der Waals surface area (Å²) in [5.74, 6) is 1.48. The minimum atomic E-state index is -0.367. The van der Waals surface area contributed by atoms with E-state index in [9.17, 15) is 0 Å². The van der Waals surface area contributed by atoms with Gasteiger partial charge in [-0.3, -0.25) is 0 Å². The summed E-state index contributed by atoms with van der Waals surface area (Å²) in [4.78, 5) is 4.13. The second-order valence-electron chi connectivity index (χ2n) is 8.36. The fraction of sp³-hybridized carbons (Fsp3) is 0.423. The van der Waals surface area contributed by atoms with Crippen molar-refractivity contribution in [3.8, 4) is 11.5 Å². The SMILES string of the molecule is COc1ccc(COCC2CCCC(OC(Cn3ccnc3)c3ccc(Cl)cc3Cl)O2)c(OC)c1. The summed E-state index contributed by atoms with van der Waals surface area (Å²) in [6.07, 6.45) is 7.34. The molecular weight excluding hydrogens is 491 g/mol. The molecule has 1 aromatic heterocycles. The van der Waals surface area contributed by atoms with Crippen molar-refractivity contribution >= 4 is 23.2 Å². The summed E-state index contributed by atoms with van der Waals surface area (Å²) in [6, 6.07) is 11.1. The third kappa shape index (κ3) is 7.12. The van der Waals surface area contributed by atoms with Crippen molar-refractivity contribution in [1.82, 2.24) is 9.55 Å². The minimum Gasteiger partial charge on any atom is -0.497 e. The molecule has 3 aromatic rings. The van der Waals surface area contributed by atoms with Crippen molar-refractivity contribution in [2.75, 3.05) is 20.8 Å². The normalized spacial score (nSPS) is 18.9. The smallest absolute Gasteiger partial charge is 0.158 e. The van der Waals surface area contributed by atoms with Gasteiger partial charge in [-0.2, -0.15) is 0 Å². The number of aromatic nitrogens is 2. The van der Waals surface area contributed by atoms with Crippen LogP contribution in [-0.4, -0.2) is 42.8 Å². The number of halogens is 2. The van der Waals surface area contributed by atoms with Gasteiger partial charge in [0.25, 0.3) is 0 Å². The van der Waals surface area contributed by atoms with Crippen LogP contribution in [0.25, 0.3) is 0 Å². The van der Waals surface area contributed by atoms with E-state index < -0.39 is 0 Å². The summed E-state index contributed by atoms with van der Waals surface area (Å²) in [5, 5.41) is 1.14. The molecule has 35 heavy (non-hydrogen) atoms. The highest BCUT2D eigenvalue weighted by Crippen LogP contribution is 2.33. The first-order valence-electron chi connectivity index (χ1n) is 11.6. The summed E-state index contributed by atoms with van der Waals surface area (Å²) >= 11 is 12.6. The van der Waals surface area contributed by atoms with Crippen LogP contribution in [0.4, 0.5) is 0 Å². The molecule has 0 radical (unpaired) electrons. The Morgan fingerprint density at radius 2 is 2.00 bits per heavy atom. The zero-order valence-corrected chi connectivity index (χ0v) is 21.4. The fourth-order valence-corrected chi connectivity index (χ4v) is 4.63. The number of imidazole rings is 1. The van der Waals surface area contributed by atoms with Gasteiger partial charge in [0, 0.05) is 39.6 Å². The lowest BCUT2D eigenvalue weighted by atomic mass is 10.1. The van der Waals surface area contributed by atoms with Gasteiger partial charge in [0.2, 0.25) is 0 Å². The number of hydrogen-bond acceptors (Lipinski definition) is 6. The number of nitrogens with zero attached hydrogens (tertiary/aromatic N) is 2. The fourth-order valence-electron chi connectivity index (χ4n) is 4.10. The molecule has 2 heterocycles. The van der Waals surface area contributed by atoms with Crippen LogP contribution in [0, 0.1) is 0 Å². The highest BCUT2D eigenvalue weighted by atomic mass is 35.5. The summed E-state index contributed by atoms with van der Waals surface area (Å²) in [6.45, 7) is 1.44. The standard InChI is InChI=1S/C26H30Cl2N2O5/c1-31-20-8-6-18(24(13-20)32-2)15-33-16-21-4-3-5-26(34-21)35-25(14-30-11-10-29-17-30)22-9-7-19(27)12-23(22)28/h6-13,17,21,25-26H,3-5,14-16H2,1-2H3. The molecule has 0 bridgehead atoms. The Balaban J connectivity index is 1.36. The Bertz CT molecular complexity index is 1080. The number of ether oxygens (including phenoxy) is 5. The molecule has 3 unspecified atom stereocenters. The van der Waals surface area contributed by atoms with Gasteiger partial charge in [0.05, 0.1) is 46.4 Å². The highest BCUT2D eigenvalue weighted by molar-refractivity contribution is 6.35. The molecule has 188 valence electrons. The second kappa shape index (κ2) is 12.6. The molecular formula is C26H30Cl2N2O5. The van der Waals surface area contributed by atoms with Gasteiger partial charge in [-0.05, 0) is 43.5 Å². The van der Waals surface area contributed by atoms with Gasteiger partial charge in [-0.15, -0.1) is 0 Å². The van der Waals surface area contributed by atoms with Crippen molar-refractivity contribution < 1.29 is 23.7 Å². The quantitative estimate of drug-likeness (QED) is 0.305. The van der Waals surface area contributed by atoms with E-state index in [1.54, 1.807) is 32.8 Å². The Labute approximate surface area is 215 Å². The Kier molecular flexibility index (Phi) is 9.29. The molecule has 0 N–H and O–H groups in total. The van der Waals surface area contributed by atoms with E-state index in [4.69, 9.17) is 46.9 Å². The molecule has 1 aliphatic rings. The summed E-state index contributed by atoms with van der Waals surface area (Å²) < 4.78 is 31.4. The molecule has 0 saturated carbocycles. The van der Waals surface area contributed by atoms with E-state index >= 15 is 0 Å². The lowest BCUT2D eigenvalue weighted by molar-refractivity contribution is -0.227. The Hall–Kier alpha value is -2.29. The van der Waals surface area contributed by atoms with Crippen molar-refractivity contribution in [1.29, 1.82) is 0 Å². The van der Waals surface area contributed by atoms with Gasteiger partial charge in [-0.25, -0.2) is 4.98 Å². The predicted octanol–water partition coefficient (Wildman–Crippen LogP) is 6.08. The van der Waals surface area contributed by atoms with Crippen LogP contribution in [0.5, 0.6) is 11.5 Å². The Morgan fingerprint density at radius 1 is 1.11 bits per heavy atom. The average molecular weight is 521 g/mol. The minimum absolute atomic E-state index is 0.0624. The molecule has 1 fully saturated rings. The van der Waals surface area contributed by atoms with Crippen molar-refractivity contribution in [2.24, 2.45) is 0 Å². The highest BCUT2D eigenvalue weighted by Gasteiger charge is 2.28. The van der Waals surface area contributed by atoms with Gasteiger partial charge >= 0.3 is 0 Å². The van der Waals surface area contributed by atoms with Crippen molar-refractivity contribution in [3.05, 3.63) is 76.3 Å². The molecule has 0 aliphatic carbocycles. The van der Waals surface area contributed by atoms with Crippen LogP contribution in [0.1, 0.15) is 36.5 Å². The average Bonchev–Trinajstić information content (AvgIpc) is 3.37. The molecule has 2 aromatic carbocycles. The first-order valence-corrected chi connectivity index (χ1v) is 12.3. The van der Waals surface area contributed by atoms with E-state index in [2.05, 4.69) is 4.98 Å². The van der Waals surface area contributed by atoms with E-state index in [1.807, 2.05) is 41.1 Å². The molecule has 4 rings (SSSR count). The van der Waals surface area contributed by atoms with Gasteiger partial charge in [0.1, 0.15) is 17.6 Å². The summed E-state index contributed by atoms with van der Waals surface area (Å²) in [5.41, 5.74) is 1.81. The number of benzene rings is 2. The zero-order valence-electron chi connectivity index (χ0n) is 19.9. The van der Waals surface area contributed by atoms with Crippen LogP contribution in [0.15, 0.2) is 55.1 Å². The van der Waals surface area contributed by atoms with Gasteiger partial charge < -0.3 is 28.3 Å². The molecule has 3 atom stereocenters. The Morgan fingerprint density at radius 3 is 2.74 bits per heavy atom. The number of rotatable bonds is 11. The molecule has 0 spiro atoms. The van der Waals surface area contributed by atoms with Gasteiger partial charge in [-0.1, -0.05) is 29.3 Å². The van der Waals surface area contributed by atoms with Crippen molar-refractivity contribution in [2.45, 2.75) is 50.9 Å². The maximum absolute atomic E-state index is 6.51. The van der Waals surface area contributed by atoms with Crippen LogP contribution in [0.3, 0.4) is 0 Å². The lowest BCUT2D eigenvalue weighted by Crippen LogP contribution is -2.34. The van der Waals surface area contributed by atoms with E-state index in [0.29, 0.717) is 29.8 Å². The summed E-state index contributed by atoms with van der Waals surface area (Å²) in [7, 11) is 3.27. The third-order valence-corrected chi connectivity index (χ3v) is 6.49. The molecule has 1 aliphatic heterocycles. The number of hydrogen-bond donors (Lipinski definition) is 0.